The first-order chi connectivity index (χ1) is 0. The molecule has 0 rings (SSSR count). The number of hydrogen-bond acceptors (Lipinski definition) is 0. The second-order valence-corrected chi connectivity index (χ2v) is 0. The first-order valence-corrected chi connectivity index (χ1v) is 0. The van der Waals surface area contributed by atoms with E-state index >= 15 is 0 Å². The first kappa shape index (κ1) is 91.5. The first-order valence-electron chi connectivity index (χ1n) is 0. The van der Waals surface area contributed by atoms with Crippen LogP contribution in [0.15, 0.2) is 0 Å². The Kier molecular flexibility index (Phi) is 792. The Morgan fingerprint density at radius 3 is 0.375 bits per heavy atom. The molecule has 0 amide bonds. The average Bonchev–Trinajstić information content (AvgIpc) is 0. The molecule has 0 atom stereocenters. The summed E-state index contributed by atoms with van der Waals surface area (Å²) in [5, 5.41) is 0. The predicted octanol–water partition coefficient (Wildman–Crippen LogP) is 3.43. The minimum atomic E-state index is 0. The Hall–Kier alpha value is 3.97. The van der Waals surface area contributed by atoms with Gasteiger partial charge in [0.05, 0.1) is 0 Å². The van der Waals surface area contributed by atoms with Crippen LogP contribution in [0.3, 0.4) is 0 Å². The summed E-state index contributed by atoms with van der Waals surface area (Å²) in [4.78, 5) is 0. The maximum absolute atomic E-state index is 0. The molecule has 0 saturated heterocycles. The van der Waals surface area contributed by atoms with Crippen molar-refractivity contribution in [2.24, 2.45) is 0 Å². The molecule has 0 aliphatic heterocycles. The molecule has 0 spiro atoms. The van der Waals surface area contributed by atoms with Crippen LogP contribution < -0.4 is 0 Å². The second kappa shape index (κ2) is 69.2. The van der Waals surface area contributed by atoms with Crippen molar-refractivity contribution < 1.29 is 72.3 Å². The summed E-state index contributed by atoms with van der Waals surface area (Å²) in [6.07, 6.45) is 0. The van der Waals surface area contributed by atoms with E-state index in [4.69, 9.17) is 0 Å². The molecule has 3 radical (unpaired) electrons. The van der Waals surface area contributed by atoms with Gasteiger partial charge in [-0.2, -0.15) is 0 Å². The molecular weight excluding hydrogens is 410 g/mol. The number of hydrogen-bond donors (Lipinski definition) is 0. The van der Waals surface area contributed by atoms with Crippen LogP contribution in [0.4, 0.5) is 0 Å². The third-order valence-electron chi connectivity index (χ3n) is 0. The Morgan fingerprint density at radius 1 is 0.375 bits per heavy atom. The van der Waals surface area contributed by atoms with Gasteiger partial charge in [-0.25, -0.2) is 0 Å². The Labute approximate surface area is 111 Å². The number of rotatable bonds is 0. The molecule has 0 nitrogen and oxygen atoms in total. The minimum Gasteiger partial charge on any atom is -3.00 e. The third-order valence-corrected chi connectivity index (χ3v) is 0. The van der Waals surface area contributed by atoms with Gasteiger partial charge in [-0.15, -0.1) is 0 Å². The quantitative estimate of drug-likeness (QED) is 0.424. The molecule has 0 fully saturated rings. The summed E-state index contributed by atoms with van der Waals surface area (Å²) in [5.41, 5.74) is 0. The topological polar surface area (TPSA) is 0 Å². The zero-order valence-corrected chi connectivity index (χ0v) is 11.5. The summed E-state index contributed by atoms with van der Waals surface area (Å²) in [6, 6.07) is 0. The van der Waals surface area contributed by atoms with Crippen molar-refractivity contribution in [1.82, 2.24) is 0 Å². The molecule has 0 saturated carbocycles. The molecule has 0 aromatic rings. The van der Waals surface area contributed by atoms with Crippen LogP contribution in [0, 0.1) is 0 Å². The Morgan fingerprint density at radius 2 is 0.375 bits per heavy atom. The van der Waals surface area contributed by atoms with Gasteiger partial charge in [0.1, 0.15) is 0 Å². The van der Waals surface area contributed by atoms with Gasteiger partial charge < -0.3 is 39.6 Å². The van der Waals surface area contributed by atoms with Gasteiger partial charge in [0, 0.05) is 21.1 Å². The van der Waals surface area contributed by atoms with Crippen molar-refractivity contribution in [1.29, 1.82) is 0 Å². The molecule has 65 valence electrons. The van der Waals surface area contributed by atoms with Crippen molar-refractivity contribution in [3.8, 4) is 0 Å². The standard InChI is InChI=1S/3Cu.Mo.4P/q3*+2;;4*-3. The van der Waals surface area contributed by atoms with Crippen molar-refractivity contribution in [3.63, 3.8) is 0 Å². The summed E-state index contributed by atoms with van der Waals surface area (Å²) < 4.78 is 0. The van der Waals surface area contributed by atoms with Crippen LogP contribution in [0.2, 0.25) is 0 Å². The molecule has 0 heterocycles. The van der Waals surface area contributed by atoms with Gasteiger partial charge in [-0.05, 0) is 0 Å². The van der Waals surface area contributed by atoms with Crippen LogP contribution in [0.5, 0.6) is 0 Å². The van der Waals surface area contributed by atoms with Gasteiger partial charge in [-0.1, -0.05) is 0 Å². The Balaban J connectivity index is 0. The van der Waals surface area contributed by atoms with Crippen molar-refractivity contribution in [3.05, 3.63) is 0 Å². The third kappa shape index (κ3) is 50.9. The van der Waals surface area contributed by atoms with E-state index in [1.807, 2.05) is 0 Å². The monoisotopic (exact) mass is 411 g/mol. The van der Waals surface area contributed by atoms with Crippen LogP contribution in [-0.2, 0) is 72.3 Å². The van der Waals surface area contributed by atoms with Crippen LogP contribution in [0.25, 0.3) is 0 Å². The summed E-state index contributed by atoms with van der Waals surface area (Å²) in [5.74, 6) is 0. The van der Waals surface area contributed by atoms with Crippen LogP contribution >= 0.6 is 39.6 Å². The molecule has 0 aromatic heterocycles. The smallest absolute Gasteiger partial charge is 2.00 e. The molecule has 0 aliphatic carbocycles. The van der Waals surface area contributed by atoms with E-state index in [0.717, 1.165) is 0 Å². The van der Waals surface area contributed by atoms with E-state index in [9.17, 15) is 0 Å². The van der Waals surface area contributed by atoms with E-state index in [2.05, 4.69) is 0 Å². The zero-order chi connectivity index (χ0) is 0. The van der Waals surface area contributed by atoms with Gasteiger partial charge in [0.2, 0.25) is 0 Å². The molecular formula is Cu3MoP4-6. The van der Waals surface area contributed by atoms with E-state index < -0.39 is 0 Å². The molecule has 0 aliphatic rings. The fraction of sp³-hybridized carbons (Fsp3) is 0. The fourth-order valence-corrected chi connectivity index (χ4v) is 0. The summed E-state index contributed by atoms with van der Waals surface area (Å²) in [7, 11) is 0. The minimum absolute atomic E-state index is 0. The normalized spacial score (nSPS) is 0. The maximum atomic E-state index is 0. The molecule has 8 heavy (non-hydrogen) atoms. The average molecular weight is 410 g/mol. The Bertz CT molecular complexity index is 11.2. The van der Waals surface area contributed by atoms with E-state index in [1.165, 1.54) is 0 Å². The fourth-order valence-electron chi connectivity index (χ4n) is 0. The SMILES string of the molecule is [Cu+2].[Cu+2].[Cu+2].[Mo].[P-3].[P-3].[P-3].[P-3]. The van der Waals surface area contributed by atoms with Crippen LogP contribution in [0.1, 0.15) is 0 Å². The van der Waals surface area contributed by atoms with Gasteiger partial charge in [0.25, 0.3) is 0 Å². The van der Waals surface area contributed by atoms with Gasteiger partial charge in [-0.3, -0.25) is 0 Å². The van der Waals surface area contributed by atoms with Crippen molar-refractivity contribution in [2.75, 3.05) is 0 Å². The molecule has 0 bridgehead atoms. The van der Waals surface area contributed by atoms with E-state index in [0.29, 0.717) is 0 Å². The summed E-state index contributed by atoms with van der Waals surface area (Å²) in [6.45, 7) is 0. The van der Waals surface area contributed by atoms with E-state index in [-0.39, 0.29) is 112 Å². The maximum Gasteiger partial charge on any atom is 2.00 e. The molecule has 0 unspecified atom stereocenters. The van der Waals surface area contributed by atoms with Crippen molar-refractivity contribution in [2.45, 2.75) is 0 Å². The van der Waals surface area contributed by atoms with Gasteiger partial charge in [0.15, 0.2) is 0 Å². The van der Waals surface area contributed by atoms with Crippen LogP contribution in [-0.4, -0.2) is 0 Å². The largest absolute Gasteiger partial charge is 3.00 e. The van der Waals surface area contributed by atoms with Crippen molar-refractivity contribution >= 4 is 39.6 Å². The molecule has 0 aromatic carbocycles. The van der Waals surface area contributed by atoms with Gasteiger partial charge >= 0.3 is 51.2 Å². The second-order valence-electron chi connectivity index (χ2n) is 0. The predicted molar refractivity (Wildman–Crippen MR) is 27.7 cm³/mol. The molecule has 8 heteroatoms. The summed E-state index contributed by atoms with van der Waals surface area (Å²) >= 11 is 0. The zero-order valence-electron chi connectivity index (χ0n) is 3.10. The van der Waals surface area contributed by atoms with E-state index in [1.54, 1.807) is 0 Å². The molecule has 0 N–H and O–H groups in total.